The molecule has 0 amide bonds. The Kier molecular flexibility index (Phi) is 5.98. The van der Waals surface area contributed by atoms with Crippen molar-refractivity contribution in [2.75, 3.05) is 0 Å². The molecule has 0 fully saturated rings. The summed E-state index contributed by atoms with van der Waals surface area (Å²) < 4.78 is 1.48. The Morgan fingerprint density at radius 1 is 0.944 bits per heavy atom. The van der Waals surface area contributed by atoms with Crippen molar-refractivity contribution in [2.45, 2.75) is 75.7 Å². The molecule has 0 saturated carbocycles. The summed E-state index contributed by atoms with van der Waals surface area (Å²) in [5.41, 5.74) is 0.976. The molecular formula is C17H34V. The summed E-state index contributed by atoms with van der Waals surface area (Å²) in [5, 5.41) is 0. The van der Waals surface area contributed by atoms with Crippen LogP contribution in [-0.2, 0) is 17.0 Å². The molecule has 107 valence electrons. The monoisotopic (exact) mass is 289 g/mol. The van der Waals surface area contributed by atoms with Gasteiger partial charge in [-0.05, 0) is 0 Å². The van der Waals surface area contributed by atoms with Crippen molar-refractivity contribution in [1.82, 2.24) is 0 Å². The molecule has 18 heavy (non-hydrogen) atoms. The topological polar surface area (TPSA) is 0 Å². The fraction of sp³-hybridized carbons (Fsp3) is 0.941. The summed E-state index contributed by atoms with van der Waals surface area (Å²) in [4.78, 5) is 0. The third-order valence-corrected chi connectivity index (χ3v) is 7.42. The molecule has 0 aromatic rings. The van der Waals surface area contributed by atoms with E-state index >= 15 is 0 Å². The van der Waals surface area contributed by atoms with Gasteiger partial charge in [-0.1, -0.05) is 0 Å². The van der Waals surface area contributed by atoms with Crippen molar-refractivity contribution in [2.24, 2.45) is 28.1 Å². The summed E-state index contributed by atoms with van der Waals surface area (Å²) >= 11 is 2.77. The molecule has 0 aromatic heterocycles. The van der Waals surface area contributed by atoms with Crippen LogP contribution in [0.5, 0.6) is 0 Å². The van der Waals surface area contributed by atoms with E-state index in [1.165, 1.54) is 10.6 Å². The van der Waals surface area contributed by atoms with Gasteiger partial charge in [0.15, 0.2) is 0 Å². The molecule has 0 radical (unpaired) electrons. The predicted molar refractivity (Wildman–Crippen MR) is 80.6 cm³/mol. The Morgan fingerprint density at radius 3 is 1.61 bits per heavy atom. The fourth-order valence-corrected chi connectivity index (χ4v) is 3.11. The van der Waals surface area contributed by atoms with Crippen LogP contribution in [0.25, 0.3) is 0 Å². The van der Waals surface area contributed by atoms with Crippen molar-refractivity contribution in [3.8, 4) is 0 Å². The van der Waals surface area contributed by atoms with E-state index in [9.17, 15) is 0 Å². The molecule has 0 N–H and O–H groups in total. The van der Waals surface area contributed by atoms with Gasteiger partial charge in [-0.15, -0.1) is 0 Å². The number of rotatable bonds is 6. The van der Waals surface area contributed by atoms with E-state index in [4.69, 9.17) is 0 Å². The van der Waals surface area contributed by atoms with E-state index in [-0.39, 0.29) is 5.41 Å². The average molecular weight is 289 g/mol. The van der Waals surface area contributed by atoms with Gasteiger partial charge in [-0.2, -0.15) is 0 Å². The third-order valence-electron chi connectivity index (χ3n) is 6.55. The van der Waals surface area contributed by atoms with E-state index < -0.39 is 0 Å². The van der Waals surface area contributed by atoms with Gasteiger partial charge in [0, 0.05) is 0 Å². The third kappa shape index (κ3) is 3.31. The Labute approximate surface area is 125 Å². The van der Waals surface area contributed by atoms with Gasteiger partial charge in [0.05, 0.1) is 0 Å². The summed E-state index contributed by atoms with van der Waals surface area (Å²) in [6.07, 6.45) is 1.25. The minimum atomic E-state index is 0.254. The normalized spacial score (nSPS) is 17.4. The Morgan fingerprint density at radius 2 is 1.33 bits per heavy atom. The zero-order valence-corrected chi connectivity index (χ0v) is 15.7. The summed E-state index contributed by atoms with van der Waals surface area (Å²) in [7, 11) is 0. The van der Waals surface area contributed by atoms with E-state index in [0.29, 0.717) is 16.7 Å². The van der Waals surface area contributed by atoms with Crippen LogP contribution in [0.15, 0.2) is 0 Å². The molecule has 0 aliphatic carbocycles. The second-order valence-electron chi connectivity index (χ2n) is 7.85. The fourth-order valence-electron chi connectivity index (χ4n) is 2.66. The first-order chi connectivity index (χ1) is 7.82. The van der Waals surface area contributed by atoms with Crippen LogP contribution in [-0.4, -0.2) is 4.23 Å². The minimum absolute atomic E-state index is 0.254. The molecule has 0 aliphatic heterocycles. The van der Waals surface area contributed by atoms with Gasteiger partial charge in [-0.3, -0.25) is 0 Å². The van der Waals surface area contributed by atoms with Crippen molar-refractivity contribution < 1.29 is 17.0 Å². The zero-order chi connectivity index (χ0) is 14.9. The van der Waals surface area contributed by atoms with Crippen molar-refractivity contribution >= 4 is 4.23 Å². The van der Waals surface area contributed by atoms with Gasteiger partial charge < -0.3 is 0 Å². The maximum absolute atomic E-state index is 2.77. The molecule has 0 nitrogen and oxygen atoms in total. The molecule has 0 spiro atoms. The first-order valence-corrected chi connectivity index (χ1v) is 8.05. The Bertz CT molecular complexity index is 297. The second kappa shape index (κ2) is 5.84. The molecule has 1 unspecified atom stereocenters. The molecule has 2 atom stereocenters. The van der Waals surface area contributed by atoms with Crippen LogP contribution >= 0.6 is 0 Å². The van der Waals surface area contributed by atoms with E-state index in [1.54, 1.807) is 0 Å². The van der Waals surface area contributed by atoms with Crippen molar-refractivity contribution in [1.29, 1.82) is 0 Å². The molecule has 0 rings (SSSR count). The van der Waals surface area contributed by atoms with Crippen molar-refractivity contribution in [3.05, 3.63) is 0 Å². The van der Waals surface area contributed by atoms with Crippen LogP contribution in [0.3, 0.4) is 0 Å². The number of hydrogen-bond donors (Lipinski definition) is 0. The summed E-state index contributed by atoms with van der Waals surface area (Å²) in [5.74, 6) is 1.42. The van der Waals surface area contributed by atoms with Gasteiger partial charge >= 0.3 is 125 Å². The molecule has 0 aliphatic rings. The quantitative estimate of drug-likeness (QED) is 0.607. The SMILES string of the molecule is CCC(C)(C)[C@@H](C)C(C)C(C)(C)C(C)(C)[C](C)=[V]. The number of hydrogen-bond acceptors (Lipinski definition) is 0. The average Bonchev–Trinajstić information content (AvgIpc) is 2.26. The van der Waals surface area contributed by atoms with E-state index in [0.717, 1.165) is 5.92 Å². The first-order valence-electron chi connectivity index (χ1n) is 7.35. The Hall–Kier alpha value is 0.454. The van der Waals surface area contributed by atoms with Crippen LogP contribution in [0.1, 0.15) is 75.7 Å². The molecule has 0 saturated heterocycles. The maximum atomic E-state index is 2.77. The molecule has 0 bridgehead atoms. The second-order valence-corrected chi connectivity index (χ2v) is 8.90. The standard InChI is InChI=1S/C17H34.V/c1-11-15(5,6)13(3)14(4)17(9,10)16(7,8)12-2;/h13-14H,11H2,1-10H3;/t13-,14?;/m0./s1. The van der Waals surface area contributed by atoms with Crippen LogP contribution in [0.2, 0.25) is 0 Å². The first kappa shape index (κ1) is 18.5. The van der Waals surface area contributed by atoms with Crippen LogP contribution in [0, 0.1) is 28.1 Å². The summed E-state index contributed by atoms with van der Waals surface area (Å²) in [6, 6.07) is 0. The predicted octanol–water partition coefficient (Wildman–Crippen LogP) is 5.49. The summed E-state index contributed by atoms with van der Waals surface area (Å²) in [6.45, 7) is 23.9. The van der Waals surface area contributed by atoms with E-state index in [1.807, 2.05) is 0 Å². The van der Waals surface area contributed by atoms with Gasteiger partial charge in [0.1, 0.15) is 0 Å². The van der Waals surface area contributed by atoms with E-state index in [2.05, 4.69) is 86.2 Å². The molecule has 0 heterocycles. The van der Waals surface area contributed by atoms with Crippen molar-refractivity contribution in [3.63, 3.8) is 0 Å². The molecule has 0 aromatic carbocycles. The van der Waals surface area contributed by atoms with Gasteiger partial charge in [0.25, 0.3) is 0 Å². The zero-order valence-electron chi connectivity index (χ0n) is 14.3. The van der Waals surface area contributed by atoms with Gasteiger partial charge in [0.2, 0.25) is 0 Å². The van der Waals surface area contributed by atoms with Gasteiger partial charge in [-0.25, -0.2) is 0 Å². The van der Waals surface area contributed by atoms with Crippen LogP contribution in [0.4, 0.5) is 0 Å². The Balaban J connectivity index is 5.32. The van der Waals surface area contributed by atoms with Crippen LogP contribution < -0.4 is 0 Å². The molecule has 1 heteroatoms. The molecular weight excluding hydrogens is 255 g/mol.